The Morgan fingerprint density at radius 1 is 0.889 bits per heavy atom. The summed E-state index contributed by atoms with van der Waals surface area (Å²) >= 11 is 0. The summed E-state index contributed by atoms with van der Waals surface area (Å²) in [4.78, 5) is 16.5. The van der Waals surface area contributed by atoms with E-state index in [1.807, 2.05) is 36.4 Å². The number of hydrogen-bond donors (Lipinski definition) is 3. The fraction of sp³-hybridized carbons (Fsp3) is 0.333. The molecule has 0 heterocycles. The molecule has 0 aliphatic rings. The van der Waals surface area contributed by atoms with Gasteiger partial charge in [0.15, 0.2) is 5.96 Å². The monoisotopic (exact) mass is 480 g/mol. The highest BCUT2D eigenvalue weighted by molar-refractivity contribution is 14.0. The number of hydrogen-bond acceptors (Lipinski definition) is 2. The van der Waals surface area contributed by atoms with E-state index in [1.54, 1.807) is 0 Å². The Balaban J connectivity index is 0.00000364. The van der Waals surface area contributed by atoms with Gasteiger partial charge < -0.3 is 16.0 Å². The Hall–Kier alpha value is -2.09. The molecule has 0 bridgehead atoms. The van der Waals surface area contributed by atoms with Crippen molar-refractivity contribution in [1.29, 1.82) is 0 Å². The summed E-state index contributed by atoms with van der Waals surface area (Å²) in [5.41, 5.74) is 1.99. The van der Waals surface area contributed by atoms with Crippen molar-refractivity contribution in [2.24, 2.45) is 4.99 Å². The Kier molecular flexibility index (Phi) is 11.9. The molecular weight excluding hydrogens is 451 g/mol. The maximum Gasteiger partial charge on any atom is 0.251 e. The summed E-state index contributed by atoms with van der Waals surface area (Å²) in [5, 5.41) is 9.51. The van der Waals surface area contributed by atoms with E-state index in [1.165, 1.54) is 5.56 Å². The molecule has 0 atom stereocenters. The number of carbonyl (C=O) groups is 1. The number of guanidine groups is 1. The SMILES string of the molecule is CCNC(=NCCCNC(=O)c1ccccc1)NCCc1ccccc1.I. The molecular formula is C21H29IN4O. The van der Waals surface area contributed by atoms with E-state index < -0.39 is 0 Å². The molecule has 0 radical (unpaired) electrons. The third-order valence-electron chi connectivity index (χ3n) is 3.82. The highest BCUT2D eigenvalue weighted by Gasteiger charge is 2.02. The molecule has 1 amide bonds. The number of rotatable bonds is 9. The maximum absolute atomic E-state index is 11.9. The second-order valence-corrected chi connectivity index (χ2v) is 5.90. The first-order valence-corrected chi connectivity index (χ1v) is 9.19. The quantitative estimate of drug-likeness (QED) is 0.224. The Labute approximate surface area is 179 Å². The Morgan fingerprint density at radius 3 is 2.22 bits per heavy atom. The molecule has 0 fully saturated rings. The van der Waals surface area contributed by atoms with Gasteiger partial charge in [-0.05, 0) is 37.5 Å². The third kappa shape index (κ3) is 9.42. The van der Waals surface area contributed by atoms with E-state index in [0.29, 0.717) is 18.7 Å². The molecule has 0 unspecified atom stereocenters. The van der Waals surface area contributed by atoms with Crippen LogP contribution in [0.5, 0.6) is 0 Å². The summed E-state index contributed by atoms with van der Waals surface area (Å²) in [6.45, 7) is 4.98. The summed E-state index contributed by atoms with van der Waals surface area (Å²) < 4.78 is 0. The van der Waals surface area contributed by atoms with Crippen molar-refractivity contribution in [3.8, 4) is 0 Å². The van der Waals surface area contributed by atoms with Gasteiger partial charge in [0.2, 0.25) is 0 Å². The summed E-state index contributed by atoms with van der Waals surface area (Å²) in [6.07, 6.45) is 1.76. The van der Waals surface area contributed by atoms with Gasteiger partial charge in [-0.2, -0.15) is 0 Å². The van der Waals surface area contributed by atoms with Crippen LogP contribution < -0.4 is 16.0 Å². The highest BCUT2D eigenvalue weighted by Crippen LogP contribution is 1.99. The fourth-order valence-corrected chi connectivity index (χ4v) is 2.48. The molecule has 0 saturated heterocycles. The average Bonchev–Trinajstić information content (AvgIpc) is 2.69. The van der Waals surface area contributed by atoms with Crippen LogP contribution in [0, 0.1) is 0 Å². The van der Waals surface area contributed by atoms with Crippen LogP contribution in [0.25, 0.3) is 0 Å². The molecule has 2 aromatic rings. The van der Waals surface area contributed by atoms with Gasteiger partial charge in [-0.25, -0.2) is 0 Å². The molecule has 5 nitrogen and oxygen atoms in total. The fourth-order valence-electron chi connectivity index (χ4n) is 2.48. The van der Waals surface area contributed by atoms with E-state index in [2.05, 4.69) is 52.1 Å². The van der Waals surface area contributed by atoms with Crippen LogP contribution >= 0.6 is 24.0 Å². The van der Waals surface area contributed by atoms with E-state index in [-0.39, 0.29) is 29.9 Å². The van der Waals surface area contributed by atoms with Crippen molar-refractivity contribution in [3.63, 3.8) is 0 Å². The maximum atomic E-state index is 11.9. The molecule has 3 N–H and O–H groups in total. The first-order chi connectivity index (χ1) is 12.8. The number of amides is 1. The van der Waals surface area contributed by atoms with E-state index in [4.69, 9.17) is 0 Å². The summed E-state index contributed by atoms with van der Waals surface area (Å²) in [6, 6.07) is 19.6. The van der Waals surface area contributed by atoms with Gasteiger partial charge in [0.05, 0.1) is 0 Å². The number of nitrogens with one attached hydrogen (secondary N) is 3. The lowest BCUT2D eigenvalue weighted by Crippen LogP contribution is -2.38. The predicted molar refractivity (Wildman–Crippen MR) is 123 cm³/mol. The second-order valence-electron chi connectivity index (χ2n) is 5.90. The van der Waals surface area contributed by atoms with Crippen LogP contribution in [0.4, 0.5) is 0 Å². The zero-order chi connectivity index (χ0) is 18.5. The molecule has 0 aliphatic heterocycles. The normalized spacial score (nSPS) is 10.6. The van der Waals surface area contributed by atoms with Crippen LogP contribution in [0.3, 0.4) is 0 Å². The topological polar surface area (TPSA) is 65.5 Å². The number of nitrogens with zero attached hydrogens (tertiary/aromatic N) is 1. The minimum atomic E-state index is -0.0394. The van der Waals surface area contributed by atoms with E-state index in [0.717, 1.165) is 31.9 Å². The largest absolute Gasteiger partial charge is 0.357 e. The van der Waals surface area contributed by atoms with Gasteiger partial charge in [0.1, 0.15) is 0 Å². The van der Waals surface area contributed by atoms with Gasteiger partial charge >= 0.3 is 0 Å². The number of benzene rings is 2. The second kappa shape index (κ2) is 14.0. The van der Waals surface area contributed by atoms with Crippen LogP contribution in [-0.4, -0.2) is 38.0 Å². The van der Waals surface area contributed by atoms with Crippen molar-refractivity contribution in [1.82, 2.24) is 16.0 Å². The smallest absolute Gasteiger partial charge is 0.251 e. The number of carbonyl (C=O) groups excluding carboxylic acids is 1. The van der Waals surface area contributed by atoms with Crippen molar-refractivity contribution in [2.75, 3.05) is 26.2 Å². The van der Waals surface area contributed by atoms with Crippen molar-refractivity contribution >= 4 is 35.8 Å². The Morgan fingerprint density at radius 2 is 1.56 bits per heavy atom. The van der Waals surface area contributed by atoms with Crippen molar-refractivity contribution in [2.45, 2.75) is 19.8 Å². The van der Waals surface area contributed by atoms with Gasteiger partial charge in [-0.3, -0.25) is 9.79 Å². The van der Waals surface area contributed by atoms with Gasteiger partial charge in [0, 0.05) is 31.7 Å². The molecule has 146 valence electrons. The minimum Gasteiger partial charge on any atom is -0.357 e. The summed E-state index contributed by atoms with van der Waals surface area (Å²) in [5.74, 6) is 0.778. The lowest BCUT2D eigenvalue weighted by atomic mass is 10.1. The molecule has 2 aromatic carbocycles. The average molecular weight is 480 g/mol. The minimum absolute atomic E-state index is 0. The van der Waals surface area contributed by atoms with Crippen LogP contribution in [0.1, 0.15) is 29.3 Å². The van der Waals surface area contributed by atoms with Crippen LogP contribution in [0.2, 0.25) is 0 Å². The van der Waals surface area contributed by atoms with Crippen LogP contribution in [-0.2, 0) is 6.42 Å². The molecule has 27 heavy (non-hydrogen) atoms. The molecule has 0 aliphatic carbocycles. The molecule has 6 heteroatoms. The van der Waals surface area contributed by atoms with Crippen molar-refractivity contribution < 1.29 is 4.79 Å². The standard InChI is InChI=1S/C21H28N4O.HI/c1-2-22-21(25-17-14-18-10-5-3-6-11-18)24-16-9-15-23-20(26)19-12-7-4-8-13-19;/h3-8,10-13H,2,9,14-17H2,1H3,(H,23,26)(H2,22,24,25);1H. The zero-order valence-corrected chi connectivity index (χ0v) is 18.1. The lowest BCUT2D eigenvalue weighted by Gasteiger charge is -2.11. The Bertz CT molecular complexity index is 677. The summed E-state index contributed by atoms with van der Waals surface area (Å²) in [7, 11) is 0. The predicted octanol–water partition coefficient (Wildman–Crippen LogP) is 3.22. The van der Waals surface area contributed by atoms with Crippen LogP contribution in [0.15, 0.2) is 65.7 Å². The molecule has 2 rings (SSSR count). The van der Waals surface area contributed by atoms with Gasteiger partial charge in [-0.15, -0.1) is 24.0 Å². The zero-order valence-electron chi connectivity index (χ0n) is 15.8. The molecule has 0 spiro atoms. The van der Waals surface area contributed by atoms with Crippen molar-refractivity contribution in [3.05, 3.63) is 71.8 Å². The number of aliphatic imine (C=N–C) groups is 1. The highest BCUT2D eigenvalue weighted by atomic mass is 127. The lowest BCUT2D eigenvalue weighted by molar-refractivity contribution is 0.0953. The first-order valence-electron chi connectivity index (χ1n) is 9.19. The first kappa shape index (κ1) is 23.0. The van der Waals surface area contributed by atoms with E-state index in [9.17, 15) is 4.79 Å². The van der Waals surface area contributed by atoms with E-state index >= 15 is 0 Å². The third-order valence-corrected chi connectivity index (χ3v) is 3.82. The van der Waals surface area contributed by atoms with Gasteiger partial charge in [-0.1, -0.05) is 48.5 Å². The molecule has 0 aromatic heterocycles. The number of halogens is 1. The van der Waals surface area contributed by atoms with Gasteiger partial charge in [0.25, 0.3) is 5.91 Å². The molecule has 0 saturated carbocycles.